The fourth-order valence-electron chi connectivity index (χ4n) is 3.45. The molecule has 27 heavy (non-hydrogen) atoms. The normalized spacial score (nSPS) is 28.0. The van der Waals surface area contributed by atoms with Crippen LogP contribution in [0.2, 0.25) is 0 Å². The standard InChI is InChI=1S/C17H25FN6O3/c1-9(10-4-3-5-11(18)6-10)20-16(25)21-14-7-13-12(8-19-14)15(24-23-13)22-17(26)27-2/h3-6,9,12-15,19,23-24H,7-8H2,1-2H3,(H,22,26)(H2,20,21,25)/t9-,12?,13?,14?,15?/m1/s1. The minimum absolute atomic E-state index is 0.0827. The largest absolute Gasteiger partial charge is 0.453 e. The number of carbonyl (C=O) groups is 2. The molecular weight excluding hydrogens is 355 g/mol. The highest BCUT2D eigenvalue weighted by atomic mass is 19.1. The Labute approximate surface area is 156 Å². The summed E-state index contributed by atoms with van der Waals surface area (Å²) in [4.78, 5) is 23.6. The van der Waals surface area contributed by atoms with Gasteiger partial charge in [-0.1, -0.05) is 12.1 Å². The minimum Gasteiger partial charge on any atom is -0.453 e. The van der Waals surface area contributed by atoms with Gasteiger partial charge in [-0.3, -0.25) is 10.7 Å². The molecule has 10 heteroatoms. The second-order valence-electron chi connectivity index (χ2n) is 6.76. The Morgan fingerprint density at radius 2 is 2.11 bits per heavy atom. The van der Waals surface area contributed by atoms with Gasteiger partial charge in [0.15, 0.2) is 0 Å². The SMILES string of the molecule is COC(=O)NC1NNC2CC(NC(=O)N[C@H](C)c3cccc(F)c3)NCC21. The number of hydrogen-bond acceptors (Lipinski definition) is 6. The Hall–Kier alpha value is -2.43. The van der Waals surface area contributed by atoms with E-state index in [2.05, 4.69) is 36.9 Å². The third kappa shape index (κ3) is 4.85. The number of ether oxygens (including phenoxy) is 1. The molecule has 2 heterocycles. The Morgan fingerprint density at radius 1 is 1.30 bits per heavy atom. The fraction of sp³-hybridized carbons (Fsp3) is 0.529. The molecule has 2 saturated heterocycles. The lowest BCUT2D eigenvalue weighted by Gasteiger charge is -2.34. The van der Waals surface area contributed by atoms with Crippen LogP contribution in [0.1, 0.15) is 24.9 Å². The third-order valence-corrected chi connectivity index (χ3v) is 4.92. The van der Waals surface area contributed by atoms with Crippen LogP contribution in [-0.2, 0) is 4.74 Å². The van der Waals surface area contributed by atoms with Crippen molar-refractivity contribution in [2.75, 3.05) is 13.7 Å². The quantitative estimate of drug-likeness (QED) is 0.447. The van der Waals surface area contributed by atoms with E-state index in [-0.39, 0.29) is 42.2 Å². The van der Waals surface area contributed by atoms with E-state index in [1.807, 2.05) is 0 Å². The van der Waals surface area contributed by atoms with Crippen molar-refractivity contribution >= 4 is 12.1 Å². The molecule has 2 fully saturated rings. The monoisotopic (exact) mass is 380 g/mol. The molecule has 0 spiro atoms. The maximum Gasteiger partial charge on any atom is 0.408 e. The van der Waals surface area contributed by atoms with Crippen molar-refractivity contribution in [1.29, 1.82) is 0 Å². The van der Waals surface area contributed by atoms with Crippen LogP contribution in [0.25, 0.3) is 0 Å². The van der Waals surface area contributed by atoms with Gasteiger partial charge in [0.25, 0.3) is 0 Å². The maximum absolute atomic E-state index is 13.3. The zero-order chi connectivity index (χ0) is 19.4. The predicted octanol–water partition coefficient (Wildman–Crippen LogP) is 0.280. The number of piperidine rings is 1. The Morgan fingerprint density at radius 3 is 2.85 bits per heavy atom. The van der Waals surface area contributed by atoms with E-state index < -0.39 is 6.09 Å². The second-order valence-corrected chi connectivity index (χ2v) is 6.76. The van der Waals surface area contributed by atoms with Gasteiger partial charge in [0, 0.05) is 18.5 Å². The van der Waals surface area contributed by atoms with Crippen LogP contribution in [0.4, 0.5) is 14.0 Å². The Kier molecular flexibility index (Phi) is 6.09. The summed E-state index contributed by atoms with van der Waals surface area (Å²) in [6.45, 7) is 2.40. The van der Waals surface area contributed by atoms with Gasteiger partial charge in [-0.15, -0.1) is 0 Å². The number of hydrazine groups is 1. The summed E-state index contributed by atoms with van der Waals surface area (Å²) in [5.41, 5.74) is 6.87. The summed E-state index contributed by atoms with van der Waals surface area (Å²) in [6.07, 6.45) is -0.338. The highest BCUT2D eigenvalue weighted by Crippen LogP contribution is 2.21. The first-order valence-electron chi connectivity index (χ1n) is 8.87. The van der Waals surface area contributed by atoms with Crippen LogP contribution < -0.4 is 32.1 Å². The van der Waals surface area contributed by atoms with Gasteiger partial charge in [0.05, 0.1) is 19.3 Å². The molecule has 0 aliphatic carbocycles. The summed E-state index contributed by atoms with van der Waals surface area (Å²) in [7, 11) is 1.32. The highest BCUT2D eigenvalue weighted by molar-refractivity contribution is 5.74. The van der Waals surface area contributed by atoms with Gasteiger partial charge >= 0.3 is 12.1 Å². The Bertz CT molecular complexity index is 690. The van der Waals surface area contributed by atoms with Crippen molar-refractivity contribution in [2.24, 2.45) is 5.92 Å². The van der Waals surface area contributed by atoms with Gasteiger partial charge in [-0.25, -0.2) is 19.4 Å². The average Bonchev–Trinajstić information content (AvgIpc) is 3.03. The van der Waals surface area contributed by atoms with E-state index >= 15 is 0 Å². The molecule has 2 aliphatic rings. The molecule has 148 valence electrons. The number of fused-ring (bicyclic) bond motifs is 1. The number of halogens is 1. The number of benzene rings is 1. The van der Waals surface area contributed by atoms with Crippen molar-refractivity contribution in [3.05, 3.63) is 35.6 Å². The number of amides is 3. The summed E-state index contributed by atoms with van der Waals surface area (Å²) < 4.78 is 17.9. The molecule has 3 rings (SSSR count). The van der Waals surface area contributed by atoms with Crippen LogP contribution >= 0.6 is 0 Å². The van der Waals surface area contributed by atoms with E-state index in [1.54, 1.807) is 19.1 Å². The molecule has 0 bridgehead atoms. The van der Waals surface area contributed by atoms with Crippen molar-refractivity contribution in [2.45, 2.75) is 37.8 Å². The zero-order valence-corrected chi connectivity index (χ0v) is 15.2. The smallest absolute Gasteiger partial charge is 0.408 e. The van der Waals surface area contributed by atoms with Crippen LogP contribution in [0.15, 0.2) is 24.3 Å². The maximum atomic E-state index is 13.3. The van der Waals surface area contributed by atoms with Gasteiger partial charge in [-0.2, -0.15) is 0 Å². The first-order chi connectivity index (χ1) is 13.0. The predicted molar refractivity (Wildman–Crippen MR) is 95.8 cm³/mol. The van der Waals surface area contributed by atoms with E-state index in [9.17, 15) is 14.0 Å². The molecule has 2 aliphatic heterocycles. The van der Waals surface area contributed by atoms with Crippen molar-refractivity contribution in [3.63, 3.8) is 0 Å². The molecule has 6 N–H and O–H groups in total. The molecule has 5 atom stereocenters. The number of methoxy groups -OCH3 is 1. The number of hydrogen-bond donors (Lipinski definition) is 6. The van der Waals surface area contributed by atoms with Gasteiger partial charge in [-0.05, 0) is 31.0 Å². The van der Waals surface area contributed by atoms with E-state index in [1.165, 1.54) is 19.2 Å². The van der Waals surface area contributed by atoms with Crippen LogP contribution in [-0.4, -0.2) is 44.2 Å². The molecule has 1 aromatic carbocycles. The molecule has 1 aromatic rings. The molecule has 0 aromatic heterocycles. The number of rotatable bonds is 4. The van der Waals surface area contributed by atoms with Gasteiger partial charge < -0.3 is 20.7 Å². The lowest BCUT2D eigenvalue weighted by molar-refractivity contribution is 0.158. The van der Waals surface area contributed by atoms with Gasteiger partial charge in [0.1, 0.15) is 12.0 Å². The average molecular weight is 380 g/mol. The summed E-state index contributed by atoms with van der Waals surface area (Å²) >= 11 is 0. The van der Waals surface area contributed by atoms with E-state index in [0.717, 1.165) is 0 Å². The summed E-state index contributed by atoms with van der Waals surface area (Å²) in [5, 5.41) is 11.7. The zero-order valence-electron chi connectivity index (χ0n) is 15.2. The van der Waals surface area contributed by atoms with Crippen molar-refractivity contribution < 1.29 is 18.7 Å². The molecule has 3 amide bonds. The van der Waals surface area contributed by atoms with Gasteiger partial charge in [0.2, 0.25) is 0 Å². The fourth-order valence-corrected chi connectivity index (χ4v) is 3.45. The Balaban J connectivity index is 1.47. The van der Waals surface area contributed by atoms with Crippen LogP contribution in [0, 0.1) is 11.7 Å². The number of alkyl carbamates (subject to hydrolysis) is 1. The summed E-state index contributed by atoms with van der Waals surface area (Å²) in [5.74, 6) is -0.215. The molecule has 9 nitrogen and oxygen atoms in total. The minimum atomic E-state index is -0.499. The highest BCUT2D eigenvalue weighted by Gasteiger charge is 2.41. The second kappa shape index (κ2) is 8.51. The van der Waals surface area contributed by atoms with Crippen LogP contribution in [0.5, 0.6) is 0 Å². The lowest BCUT2D eigenvalue weighted by atomic mass is 9.91. The molecular formula is C17H25FN6O3. The first-order valence-corrected chi connectivity index (χ1v) is 8.87. The number of nitrogens with one attached hydrogen (secondary N) is 6. The molecule has 0 radical (unpaired) electrons. The molecule has 0 saturated carbocycles. The van der Waals surface area contributed by atoms with E-state index in [4.69, 9.17) is 0 Å². The van der Waals surface area contributed by atoms with Crippen molar-refractivity contribution in [1.82, 2.24) is 32.1 Å². The summed E-state index contributed by atoms with van der Waals surface area (Å²) in [6, 6.07) is 5.57. The van der Waals surface area contributed by atoms with Crippen molar-refractivity contribution in [3.8, 4) is 0 Å². The third-order valence-electron chi connectivity index (χ3n) is 4.92. The van der Waals surface area contributed by atoms with E-state index in [0.29, 0.717) is 18.5 Å². The lowest BCUT2D eigenvalue weighted by Crippen LogP contribution is -2.59. The number of carbonyl (C=O) groups excluding carboxylic acids is 2. The van der Waals surface area contributed by atoms with Crippen LogP contribution in [0.3, 0.4) is 0 Å². The molecule has 4 unspecified atom stereocenters. The number of urea groups is 1. The topological polar surface area (TPSA) is 116 Å². The first kappa shape index (κ1) is 19.3.